The predicted octanol–water partition coefficient (Wildman–Crippen LogP) is 4.13. The van der Waals surface area contributed by atoms with Crippen LogP contribution in [0, 0.1) is 16.0 Å². The first kappa shape index (κ1) is 27.0. The van der Waals surface area contributed by atoms with E-state index in [1.54, 1.807) is 25.1 Å². The topological polar surface area (TPSA) is 113 Å². The fraction of sp³-hybridized carbons (Fsp3) is 0.321. The van der Waals surface area contributed by atoms with Gasteiger partial charge in [-0.1, -0.05) is 44.2 Å². The lowest BCUT2D eigenvalue weighted by molar-refractivity contribution is -0.384. The molecule has 0 spiro atoms. The smallest absolute Gasteiger partial charge is 0.338 e. The lowest BCUT2D eigenvalue weighted by Crippen LogP contribution is -2.40. The van der Waals surface area contributed by atoms with Crippen molar-refractivity contribution in [2.45, 2.75) is 40.2 Å². The summed E-state index contributed by atoms with van der Waals surface area (Å²) in [6, 6.07) is 12.6. The molecule has 198 valence electrons. The van der Waals surface area contributed by atoms with E-state index in [-0.39, 0.29) is 23.8 Å². The Bertz CT molecular complexity index is 1550. The van der Waals surface area contributed by atoms with Gasteiger partial charge in [0.25, 0.3) is 11.2 Å². The van der Waals surface area contributed by atoms with Gasteiger partial charge in [0, 0.05) is 12.1 Å². The number of hydrogen-bond donors (Lipinski definition) is 0. The number of benzene rings is 2. The van der Waals surface area contributed by atoms with Crippen LogP contribution in [0.1, 0.15) is 51.3 Å². The number of nitro groups is 1. The lowest BCUT2D eigenvalue weighted by Gasteiger charge is -2.25. The number of nitro benzene ring substituents is 1. The Balaban J connectivity index is 1.83. The van der Waals surface area contributed by atoms with Crippen molar-refractivity contribution in [3.05, 3.63) is 101 Å². The summed E-state index contributed by atoms with van der Waals surface area (Å²) in [6.07, 6.45) is 2.55. The number of ether oxygens (including phenoxy) is 2. The predicted molar refractivity (Wildman–Crippen MR) is 145 cm³/mol. The van der Waals surface area contributed by atoms with Gasteiger partial charge in [0.05, 0.1) is 40.0 Å². The summed E-state index contributed by atoms with van der Waals surface area (Å²) in [7, 11) is 0. The van der Waals surface area contributed by atoms with E-state index in [1.807, 2.05) is 45.0 Å². The van der Waals surface area contributed by atoms with Crippen LogP contribution >= 0.6 is 11.3 Å². The van der Waals surface area contributed by atoms with Gasteiger partial charge in [-0.3, -0.25) is 19.5 Å². The van der Waals surface area contributed by atoms with Gasteiger partial charge in [-0.2, -0.15) is 0 Å². The SMILES string of the molecule is CCCOc1ccc(C2C(C(=O)OCC(C)C)=C(C)N=c3sc(=Cc4ccc([N+](=O)[O-])cc4)c(=O)n32)cc1. The van der Waals surface area contributed by atoms with Crippen molar-refractivity contribution >= 4 is 29.1 Å². The Kier molecular flexibility index (Phi) is 8.21. The van der Waals surface area contributed by atoms with Gasteiger partial charge in [0.2, 0.25) is 0 Å². The third-order valence-electron chi connectivity index (χ3n) is 5.86. The largest absolute Gasteiger partial charge is 0.494 e. The van der Waals surface area contributed by atoms with Crippen LogP contribution in [0.25, 0.3) is 6.08 Å². The van der Waals surface area contributed by atoms with Crippen LogP contribution in [0.4, 0.5) is 5.69 Å². The Morgan fingerprint density at radius 3 is 2.47 bits per heavy atom. The molecule has 1 aromatic heterocycles. The van der Waals surface area contributed by atoms with Crippen LogP contribution < -0.4 is 19.6 Å². The molecule has 0 amide bonds. The Morgan fingerprint density at radius 1 is 1.18 bits per heavy atom. The minimum absolute atomic E-state index is 0.0323. The first-order valence-corrected chi connectivity index (χ1v) is 13.2. The Morgan fingerprint density at radius 2 is 1.87 bits per heavy atom. The molecule has 1 aliphatic rings. The average molecular weight is 536 g/mol. The molecule has 0 saturated heterocycles. The van der Waals surface area contributed by atoms with Crippen LogP contribution in [0.3, 0.4) is 0 Å². The van der Waals surface area contributed by atoms with Crippen molar-refractivity contribution in [2.24, 2.45) is 10.9 Å². The van der Waals surface area contributed by atoms with E-state index < -0.39 is 16.9 Å². The number of fused-ring (bicyclic) bond motifs is 1. The first-order chi connectivity index (χ1) is 18.2. The molecule has 0 fully saturated rings. The molecule has 1 unspecified atom stereocenters. The van der Waals surface area contributed by atoms with Gasteiger partial charge in [0.15, 0.2) is 4.80 Å². The zero-order chi connectivity index (χ0) is 27.4. The van der Waals surface area contributed by atoms with Crippen molar-refractivity contribution < 1.29 is 19.2 Å². The van der Waals surface area contributed by atoms with E-state index in [0.717, 1.165) is 12.0 Å². The van der Waals surface area contributed by atoms with Crippen LogP contribution in [-0.4, -0.2) is 28.7 Å². The number of esters is 1. The van der Waals surface area contributed by atoms with Crippen molar-refractivity contribution in [1.29, 1.82) is 0 Å². The summed E-state index contributed by atoms with van der Waals surface area (Å²) in [5.41, 5.74) is 1.81. The molecule has 1 aliphatic heterocycles. The van der Waals surface area contributed by atoms with E-state index in [4.69, 9.17) is 9.47 Å². The molecule has 0 saturated carbocycles. The molecule has 2 heterocycles. The number of hydrogen-bond acceptors (Lipinski definition) is 8. The van der Waals surface area contributed by atoms with Crippen LogP contribution in [0.2, 0.25) is 0 Å². The average Bonchev–Trinajstić information content (AvgIpc) is 3.20. The van der Waals surface area contributed by atoms with Crippen molar-refractivity contribution in [3.63, 3.8) is 0 Å². The molecule has 3 aromatic rings. The highest BCUT2D eigenvalue weighted by Crippen LogP contribution is 2.31. The first-order valence-electron chi connectivity index (χ1n) is 12.4. The fourth-order valence-corrected chi connectivity index (χ4v) is 5.07. The van der Waals surface area contributed by atoms with Crippen molar-refractivity contribution in [2.75, 3.05) is 13.2 Å². The molecule has 0 aliphatic carbocycles. The summed E-state index contributed by atoms with van der Waals surface area (Å²) in [5, 5.41) is 11.0. The second kappa shape index (κ2) is 11.6. The highest BCUT2D eigenvalue weighted by atomic mass is 32.1. The summed E-state index contributed by atoms with van der Waals surface area (Å²) >= 11 is 1.20. The standard InChI is InChI=1S/C28H29N3O6S/c1-5-14-36-22-12-8-20(9-13-22)25-24(27(33)37-16-17(2)3)18(4)29-28-30(25)26(32)23(38-28)15-19-6-10-21(11-7-19)31(34)35/h6-13,15,17,25H,5,14,16H2,1-4H3. The third-order valence-corrected chi connectivity index (χ3v) is 6.84. The summed E-state index contributed by atoms with van der Waals surface area (Å²) in [5.74, 6) is 0.336. The normalized spacial score (nSPS) is 15.3. The molecular formula is C28H29N3O6S. The maximum absolute atomic E-state index is 13.7. The van der Waals surface area contributed by atoms with E-state index in [2.05, 4.69) is 4.99 Å². The molecule has 1 atom stereocenters. The Hall–Kier alpha value is -4.05. The van der Waals surface area contributed by atoms with Gasteiger partial charge >= 0.3 is 5.97 Å². The lowest BCUT2D eigenvalue weighted by atomic mass is 9.96. The number of non-ortho nitro benzene ring substituents is 1. The zero-order valence-electron chi connectivity index (χ0n) is 21.7. The van der Waals surface area contributed by atoms with Gasteiger partial charge in [0.1, 0.15) is 5.75 Å². The van der Waals surface area contributed by atoms with E-state index in [0.29, 0.717) is 38.5 Å². The van der Waals surface area contributed by atoms with E-state index >= 15 is 0 Å². The fourth-order valence-electron chi connectivity index (χ4n) is 4.03. The van der Waals surface area contributed by atoms with Crippen LogP contribution in [-0.2, 0) is 9.53 Å². The molecule has 4 rings (SSSR count). The molecule has 0 radical (unpaired) electrons. The zero-order valence-corrected chi connectivity index (χ0v) is 22.5. The second-order valence-electron chi connectivity index (χ2n) is 9.34. The number of carbonyl (C=O) groups is 1. The Labute approximate surface area is 223 Å². The number of aromatic nitrogens is 1. The molecule has 10 heteroatoms. The minimum Gasteiger partial charge on any atom is -0.494 e. The van der Waals surface area contributed by atoms with Gasteiger partial charge in [-0.05, 0) is 60.7 Å². The van der Waals surface area contributed by atoms with Crippen LogP contribution in [0.5, 0.6) is 5.75 Å². The van der Waals surface area contributed by atoms with Gasteiger partial charge in [-0.25, -0.2) is 9.79 Å². The second-order valence-corrected chi connectivity index (χ2v) is 10.3. The van der Waals surface area contributed by atoms with Crippen molar-refractivity contribution in [3.8, 4) is 5.75 Å². The quantitative estimate of drug-likeness (QED) is 0.231. The number of rotatable bonds is 9. The summed E-state index contributed by atoms with van der Waals surface area (Å²) in [6.45, 7) is 8.51. The molecule has 38 heavy (non-hydrogen) atoms. The monoisotopic (exact) mass is 535 g/mol. The van der Waals surface area contributed by atoms with Gasteiger partial charge < -0.3 is 9.47 Å². The van der Waals surface area contributed by atoms with Crippen LogP contribution in [0.15, 0.2) is 69.6 Å². The molecule has 0 N–H and O–H groups in total. The highest BCUT2D eigenvalue weighted by molar-refractivity contribution is 7.07. The van der Waals surface area contributed by atoms with Crippen molar-refractivity contribution in [1.82, 2.24) is 4.57 Å². The molecule has 0 bridgehead atoms. The molecule has 9 nitrogen and oxygen atoms in total. The number of carbonyl (C=O) groups excluding carboxylic acids is 1. The maximum Gasteiger partial charge on any atom is 0.338 e. The molecular weight excluding hydrogens is 506 g/mol. The maximum atomic E-state index is 13.7. The number of allylic oxidation sites excluding steroid dienone is 1. The third kappa shape index (κ3) is 5.75. The number of thiazole rings is 1. The summed E-state index contributed by atoms with van der Waals surface area (Å²) in [4.78, 5) is 42.5. The highest BCUT2D eigenvalue weighted by Gasteiger charge is 2.33. The van der Waals surface area contributed by atoms with E-state index in [9.17, 15) is 19.7 Å². The van der Waals surface area contributed by atoms with Gasteiger partial charge in [-0.15, -0.1) is 0 Å². The number of nitrogens with zero attached hydrogens (tertiary/aromatic N) is 3. The van der Waals surface area contributed by atoms with E-state index in [1.165, 1.54) is 28.0 Å². The minimum atomic E-state index is -0.731. The summed E-state index contributed by atoms with van der Waals surface area (Å²) < 4.78 is 13.2. The molecule has 2 aromatic carbocycles.